The van der Waals surface area contributed by atoms with Crippen LogP contribution in [0.25, 0.3) is 0 Å². The molecule has 0 unspecified atom stereocenters. The van der Waals surface area contributed by atoms with Crippen molar-refractivity contribution in [2.24, 2.45) is 10.3 Å². The topological polar surface area (TPSA) is 92.5 Å². The maximum atomic E-state index is 8.83. The Morgan fingerprint density at radius 1 is 1.00 bits per heavy atom. The summed E-state index contributed by atoms with van der Waals surface area (Å²) in [7, 11) is 1.92. The Bertz CT molecular complexity index is 364. The van der Waals surface area contributed by atoms with Crippen molar-refractivity contribution >= 4 is 11.4 Å². The minimum atomic E-state index is -0.415. The lowest BCUT2D eigenvalue weighted by Crippen LogP contribution is -2.56. The minimum absolute atomic E-state index is 0.354. The molecule has 0 fully saturated rings. The van der Waals surface area contributed by atoms with Crippen LogP contribution in [0.2, 0.25) is 0 Å². The van der Waals surface area contributed by atoms with Gasteiger partial charge in [-0.3, -0.25) is 0 Å². The van der Waals surface area contributed by atoms with Crippen LogP contribution in [-0.4, -0.2) is 58.1 Å². The first kappa shape index (κ1) is 18.8. The monoisotopic (exact) mass is 287 g/mol. The summed E-state index contributed by atoms with van der Waals surface area (Å²) in [4.78, 5) is 0. The second-order valence-corrected chi connectivity index (χ2v) is 6.08. The van der Waals surface area contributed by atoms with Crippen molar-refractivity contribution in [1.82, 2.24) is 15.8 Å². The number of nitrogens with zero attached hydrogens (tertiary/aromatic N) is 3. The minimum Gasteiger partial charge on any atom is -0.411 e. The fourth-order valence-electron chi connectivity index (χ4n) is 1.53. The molecule has 7 heteroatoms. The number of oxime groups is 2. The third-order valence-electron chi connectivity index (χ3n) is 3.59. The van der Waals surface area contributed by atoms with Crippen LogP contribution in [0.4, 0.5) is 0 Å². The fourth-order valence-corrected chi connectivity index (χ4v) is 1.53. The van der Waals surface area contributed by atoms with Crippen LogP contribution < -0.4 is 10.7 Å². The molecule has 0 spiro atoms. The average molecular weight is 287 g/mol. The molecule has 0 aliphatic heterocycles. The van der Waals surface area contributed by atoms with E-state index in [9.17, 15) is 0 Å². The molecular weight excluding hydrogens is 258 g/mol. The lowest BCUT2D eigenvalue weighted by Gasteiger charge is -2.32. The quantitative estimate of drug-likeness (QED) is 0.306. The van der Waals surface area contributed by atoms with Crippen LogP contribution in [-0.2, 0) is 0 Å². The van der Waals surface area contributed by atoms with Crippen molar-refractivity contribution in [2.45, 2.75) is 52.6 Å². The third-order valence-corrected chi connectivity index (χ3v) is 3.59. The molecule has 0 rings (SSSR count). The molecule has 0 bridgehead atoms. The van der Waals surface area contributed by atoms with Crippen molar-refractivity contribution in [3.8, 4) is 0 Å². The van der Waals surface area contributed by atoms with Gasteiger partial charge in [0.2, 0.25) is 0 Å². The molecular formula is C13H29N5O2. The second-order valence-electron chi connectivity index (χ2n) is 6.08. The molecule has 0 heterocycles. The maximum absolute atomic E-state index is 8.83. The van der Waals surface area contributed by atoms with Gasteiger partial charge in [-0.1, -0.05) is 10.3 Å². The average Bonchev–Trinajstić information content (AvgIpc) is 2.35. The van der Waals surface area contributed by atoms with Crippen molar-refractivity contribution < 1.29 is 10.4 Å². The van der Waals surface area contributed by atoms with E-state index in [0.29, 0.717) is 11.4 Å². The van der Waals surface area contributed by atoms with E-state index in [0.717, 1.165) is 13.1 Å². The van der Waals surface area contributed by atoms with Gasteiger partial charge in [-0.15, -0.1) is 0 Å². The summed E-state index contributed by atoms with van der Waals surface area (Å²) in [6, 6.07) is 0. The Morgan fingerprint density at radius 2 is 1.45 bits per heavy atom. The van der Waals surface area contributed by atoms with Gasteiger partial charge in [0.1, 0.15) is 0 Å². The zero-order chi connectivity index (χ0) is 16.0. The van der Waals surface area contributed by atoms with E-state index in [1.807, 2.05) is 39.8 Å². The Labute approximate surface area is 121 Å². The maximum Gasteiger partial charge on any atom is 0.0747 e. The van der Waals surface area contributed by atoms with E-state index in [1.54, 1.807) is 13.8 Å². The molecule has 0 saturated carbocycles. The van der Waals surface area contributed by atoms with E-state index >= 15 is 0 Å². The fraction of sp³-hybridized carbons (Fsp3) is 0.846. The van der Waals surface area contributed by atoms with Crippen LogP contribution in [0.1, 0.15) is 41.5 Å². The molecule has 0 saturated heterocycles. The molecule has 0 aliphatic rings. The van der Waals surface area contributed by atoms with Gasteiger partial charge in [0.15, 0.2) is 0 Å². The molecule has 0 aromatic rings. The SMILES string of the molecule is C/C(=N\O)C(C)(C)NCCN(C)NC(C)(C)/C(C)=N/O. The summed E-state index contributed by atoms with van der Waals surface area (Å²) in [6.07, 6.45) is 0. The summed E-state index contributed by atoms with van der Waals surface area (Å²) in [5, 5.41) is 29.4. The highest BCUT2D eigenvalue weighted by Gasteiger charge is 2.24. The highest BCUT2D eigenvalue weighted by Crippen LogP contribution is 2.06. The van der Waals surface area contributed by atoms with Crippen molar-refractivity contribution in [2.75, 3.05) is 20.1 Å². The van der Waals surface area contributed by atoms with Crippen LogP contribution in [0.5, 0.6) is 0 Å². The number of hydrazine groups is 1. The summed E-state index contributed by atoms with van der Waals surface area (Å²) in [5.41, 5.74) is 3.74. The molecule has 7 nitrogen and oxygen atoms in total. The molecule has 0 radical (unpaired) electrons. The summed E-state index contributed by atoms with van der Waals surface area (Å²) < 4.78 is 0. The molecule has 118 valence electrons. The predicted molar refractivity (Wildman–Crippen MR) is 81.7 cm³/mol. The zero-order valence-electron chi connectivity index (χ0n) is 13.7. The molecule has 0 aromatic heterocycles. The van der Waals surface area contributed by atoms with Crippen molar-refractivity contribution in [1.29, 1.82) is 0 Å². The molecule has 4 N–H and O–H groups in total. The van der Waals surface area contributed by atoms with E-state index in [1.165, 1.54) is 0 Å². The number of hydrogen-bond donors (Lipinski definition) is 4. The van der Waals surface area contributed by atoms with Gasteiger partial charge in [-0.2, -0.15) is 0 Å². The normalized spacial score (nSPS) is 15.0. The molecule has 0 aliphatic carbocycles. The first-order valence-corrected chi connectivity index (χ1v) is 6.69. The van der Waals surface area contributed by atoms with Crippen molar-refractivity contribution in [3.05, 3.63) is 0 Å². The van der Waals surface area contributed by atoms with Crippen LogP contribution in [0.15, 0.2) is 10.3 Å². The number of rotatable bonds is 8. The molecule has 0 amide bonds. The van der Waals surface area contributed by atoms with Gasteiger partial charge in [0.25, 0.3) is 0 Å². The smallest absolute Gasteiger partial charge is 0.0747 e. The van der Waals surface area contributed by atoms with E-state index in [2.05, 4.69) is 21.1 Å². The molecule has 20 heavy (non-hydrogen) atoms. The Kier molecular flexibility index (Phi) is 7.12. The second kappa shape index (κ2) is 7.56. The van der Waals surface area contributed by atoms with E-state index in [-0.39, 0.29) is 5.54 Å². The lowest BCUT2D eigenvalue weighted by atomic mass is 10.00. The van der Waals surface area contributed by atoms with E-state index in [4.69, 9.17) is 10.4 Å². The number of hydrogen-bond acceptors (Lipinski definition) is 7. The van der Waals surface area contributed by atoms with Crippen molar-refractivity contribution in [3.63, 3.8) is 0 Å². The van der Waals surface area contributed by atoms with E-state index < -0.39 is 5.54 Å². The Balaban J connectivity index is 4.29. The first-order valence-electron chi connectivity index (χ1n) is 6.69. The Hall–Kier alpha value is -1.18. The van der Waals surface area contributed by atoms with Crippen LogP contribution in [0.3, 0.4) is 0 Å². The van der Waals surface area contributed by atoms with Gasteiger partial charge in [0.05, 0.1) is 22.5 Å². The zero-order valence-corrected chi connectivity index (χ0v) is 13.7. The molecule has 0 aromatic carbocycles. The number of likely N-dealkylation sites (N-methyl/N-ethyl adjacent to an activating group) is 1. The van der Waals surface area contributed by atoms with Gasteiger partial charge in [0, 0.05) is 20.1 Å². The van der Waals surface area contributed by atoms with Gasteiger partial charge >= 0.3 is 0 Å². The molecule has 0 atom stereocenters. The third kappa shape index (κ3) is 5.85. The largest absolute Gasteiger partial charge is 0.411 e. The Morgan fingerprint density at radius 3 is 1.90 bits per heavy atom. The van der Waals surface area contributed by atoms with Gasteiger partial charge in [-0.25, -0.2) is 10.4 Å². The van der Waals surface area contributed by atoms with Gasteiger partial charge in [-0.05, 0) is 41.5 Å². The highest BCUT2D eigenvalue weighted by atomic mass is 16.4. The van der Waals surface area contributed by atoms with Gasteiger partial charge < -0.3 is 15.7 Å². The number of nitrogens with one attached hydrogen (secondary N) is 2. The predicted octanol–water partition coefficient (Wildman–Crippen LogP) is 1.27. The summed E-state index contributed by atoms with van der Waals surface area (Å²) in [5.74, 6) is 0. The van der Waals surface area contributed by atoms with Crippen LogP contribution >= 0.6 is 0 Å². The standard InChI is InChI=1S/C13H29N5O2/c1-10(15-19)12(3,4)14-8-9-18(7)17-13(5,6)11(2)16-20/h14,17,19-20H,8-9H2,1-7H3/b15-10+,16-11+. The lowest BCUT2D eigenvalue weighted by molar-refractivity contribution is 0.180. The summed E-state index contributed by atoms with van der Waals surface area (Å²) >= 11 is 0. The first-order chi connectivity index (χ1) is 9.06. The summed E-state index contributed by atoms with van der Waals surface area (Å²) in [6.45, 7) is 12.8. The highest BCUT2D eigenvalue weighted by molar-refractivity contribution is 5.90. The van der Waals surface area contributed by atoms with Crippen LogP contribution in [0, 0.1) is 0 Å².